The highest BCUT2D eigenvalue weighted by atomic mass is 16.2. The first-order valence-corrected chi connectivity index (χ1v) is 9.26. The maximum atomic E-state index is 12.5. The lowest BCUT2D eigenvalue weighted by Gasteiger charge is -2.17. The van der Waals surface area contributed by atoms with E-state index in [-0.39, 0.29) is 18.2 Å². The van der Waals surface area contributed by atoms with Gasteiger partial charge in [0.1, 0.15) is 6.54 Å². The van der Waals surface area contributed by atoms with Gasteiger partial charge in [0.2, 0.25) is 17.6 Å². The highest BCUT2D eigenvalue weighted by Crippen LogP contribution is 2.18. The minimum atomic E-state index is -0.521. The average molecular weight is 406 g/mol. The normalized spacial score (nSPS) is 11.2. The number of carbonyl (C=O) groups is 3. The lowest BCUT2D eigenvalue weighted by atomic mass is 9.95. The van der Waals surface area contributed by atoms with Crippen molar-refractivity contribution in [2.24, 2.45) is 11.1 Å². The van der Waals surface area contributed by atoms with Gasteiger partial charge in [0.25, 0.3) is 0 Å². The molecule has 30 heavy (non-hydrogen) atoms. The van der Waals surface area contributed by atoms with E-state index in [0.717, 1.165) is 0 Å². The summed E-state index contributed by atoms with van der Waals surface area (Å²) in [5.74, 6) is -0.492. The Bertz CT molecular complexity index is 1080. The minimum Gasteiger partial charge on any atom is -0.366 e. The van der Waals surface area contributed by atoms with Crippen LogP contribution in [0.2, 0.25) is 0 Å². The molecule has 0 aliphatic rings. The molecule has 0 aliphatic heterocycles. The molecule has 9 heteroatoms. The molecule has 0 bridgehead atoms. The minimum absolute atomic E-state index is 0.0833. The van der Waals surface area contributed by atoms with E-state index in [1.807, 2.05) is 20.8 Å². The molecule has 0 atom stereocenters. The van der Waals surface area contributed by atoms with Crippen LogP contribution < -0.4 is 11.1 Å². The van der Waals surface area contributed by atoms with Crippen molar-refractivity contribution in [3.63, 3.8) is 0 Å². The number of hydrogen-bond acceptors (Lipinski definition) is 6. The fraction of sp³-hybridized carbons (Fsp3) is 0.238. The first-order chi connectivity index (χ1) is 14.1. The van der Waals surface area contributed by atoms with Gasteiger partial charge in [-0.05, 0) is 41.6 Å². The van der Waals surface area contributed by atoms with Crippen LogP contribution in [0.25, 0.3) is 11.4 Å². The Morgan fingerprint density at radius 1 is 0.967 bits per heavy atom. The number of tetrazole rings is 1. The lowest BCUT2D eigenvalue weighted by molar-refractivity contribution is -0.123. The number of carbonyl (C=O) groups excluding carboxylic acids is 3. The molecule has 0 spiro atoms. The van der Waals surface area contributed by atoms with Gasteiger partial charge in [0.05, 0.1) is 0 Å². The molecule has 3 aromatic rings. The van der Waals surface area contributed by atoms with E-state index >= 15 is 0 Å². The number of nitrogens with two attached hydrogens (primary N) is 1. The van der Waals surface area contributed by atoms with E-state index in [4.69, 9.17) is 5.73 Å². The van der Waals surface area contributed by atoms with Crippen LogP contribution in [0.4, 0.5) is 5.69 Å². The molecule has 2 amide bonds. The van der Waals surface area contributed by atoms with Crippen molar-refractivity contribution in [2.45, 2.75) is 27.3 Å². The number of nitrogens with one attached hydrogen (secondary N) is 1. The predicted molar refractivity (Wildman–Crippen MR) is 111 cm³/mol. The molecular formula is C21H22N6O3. The summed E-state index contributed by atoms with van der Waals surface area (Å²) in [4.78, 5) is 36.9. The second kappa shape index (κ2) is 8.24. The Kier molecular flexibility index (Phi) is 5.72. The Morgan fingerprint density at radius 2 is 1.57 bits per heavy atom. The van der Waals surface area contributed by atoms with Crippen LogP contribution in [0.15, 0.2) is 48.5 Å². The van der Waals surface area contributed by atoms with Crippen LogP contribution in [0, 0.1) is 5.41 Å². The van der Waals surface area contributed by atoms with Gasteiger partial charge < -0.3 is 11.1 Å². The van der Waals surface area contributed by atoms with Gasteiger partial charge in [-0.15, -0.1) is 10.2 Å². The van der Waals surface area contributed by atoms with E-state index in [1.54, 1.807) is 48.5 Å². The number of anilines is 1. The number of aromatic nitrogens is 4. The smallest absolute Gasteiger partial charge is 0.248 e. The van der Waals surface area contributed by atoms with E-state index in [1.165, 1.54) is 4.80 Å². The number of Topliss-reactive ketones (excluding diaryl/α,β-unsaturated/α-hetero) is 1. The summed E-state index contributed by atoms with van der Waals surface area (Å²) in [5.41, 5.74) is 6.83. The van der Waals surface area contributed by atoms with Gasteiger partial charge in [0.15, 0.2) is 5.78 Å². The Balaban J connectivity index is 1.65. The third kappa shape index (κ3) is 4.93. The fourth-order valence-electron chi connectivity index (χ4n) is 2.49. The predicted octanol–water partition coefficient (Wildman–Crippen LogP) is 2.31. The van der Waals surface area contributed by atoms with E-state index in [0.29, 0.717) is 28.2 Å². The molecule has 0 radical (unpaired) electrons. The third-order valence-electron chi connectivity index (χ3n) is 4.31. The quantitative estimate of drug-likeness (QED) is 0.604. The number of ketones is 1. The molecule has 154 valence electrons. The van der Waals surface area contributed by atoms with Gasteiger partial charge in [-0.1, -0.05) is 32.9 Å². The van der Waals surface area contributed by atoms with Crippen molar-refractivity contribution in [3.8, 4) is 11.4 Å². The number of benzene rings is 2. The van der Waals surface area contributed by atoms with Gasteiger partial charge in [-0.3, -0.25) is 14.4 Å². The highest BCUT2D eigenvalue weighted by molar-refractivity contribution is 5.98. The Labute approximate surface area is 173 Å². The first-order valence-electron chi connectivity index (χ1n) is 9.26. The zero-order valence-corrected chi connectivity index (χ0v) is 16.9. The molecule has 0 saturated heterocycles. The summed E-state index contributed by atoms with van der Waals surface area (Å²) in [5, 5.41) is 14.9. The van der Waals surface area contributed by atoms with Gasteiger partial charge in [-0.25, -0.2) is 0 Å². The maximum Gasteiger partial charge on any atom is 0.248 e. The van der Waals surface area contributed by atoms with E-state index in [2.05, 4.69) is 20.7 Å². The van der Waals surface area contributed by atoms with Crippen LogP contribution in [-0.4, -0.2) is 37.8 Å². The van der Waals surface area contributed by atoms with Crippen LogP contribution >= 0.6 is 0 Å². The first kappa shape index (κ1) is 20.8. The van der Waals surface area contributed by atoms with Crippen molar-refractivity contribution >= 4 is 23.3 Å². The topological polar surface area (TPSA) is 133 Å². The van der Waals surface area contributed by atoms with Crippen molar-refractivity contribution in [1.29, 1.82) is 0 Å². The second-order valence-electron chi connectivity index (χ2n) is 7.79. The van der Waals surface area contributed by atoms with Crippen LogP contribution in [0.5, 0.6) is 0 Å². The highest BCUT2D eigenvalue weighted by Gasteiger charge is 2.21. The van der Waals surface area contributed by atoms with Crippen molar-refractivity contribution in [1.82, 2.24) is 20.2 Å². The lowest BCUT2D eigenvalue weighted by Crippen LogP contribution is -2.27. The Hall–Kier alpha value is -3.88. The van der Waals surface area contributed by atoms with Crippen LogP contribution in [0.1, 0.15) is 41.5 Å². The van der Waals surface area contributed by atoms with Crippen molar-refractivity contribution in [3.05, 3.63) is 59.7 Å². The molecule has 0 aliphatic carbocycles. The zero-order valence-electron chi connectivity index (χ0n) is 16.9. The van der Waals surface area contributed by atoms with E-state index in [9.17, 15) is 14.4 Å². The Morgan fingerprint density at radius 3 is 2.13 bits per heavy atom. The molecular weight excluding hydrogens is 384 g/mol. The largest absolute Gasteiger partial charge is 0.366 e. The van der Waals surface area contributed by atoms with Crippen LogP contribution in [-0.2, 0) is 11.3 Å². The summed E-state index contributed by atoms with van der Waals surface area (Å²) >= 11 is 0. The van der Waals surface area contributed by atoms with E-state index < -0.39 is 11.3 Å². The fourth-order valence-corrected chi connectivity index (χ4v) is 2.49. The molecule has 0 fully saturated rings. The number of hydrogen-bond donors (Lipinski definition) is 2. The molecule has 2 aromatic carbocycles. The summed E-state index contributed by atoms with van der Waals surface area (Å²) in [6.45, 7) is 5.39. The second-order valence-corrected chi connectivity index (χ2v) is 7.79. The molecule has 0 saturated carbocycles. The van der Waals surface area contributed by atoms with Gasteiger partial charge in [0, 0.05) is 27.8 Å². The standard InChI is InChI=1S/C21H22N6O3/c1-21(2,3)20(30)23-16-10-8-13(9-11-16)17(28)12-27-25-19(24-26-27)15-6-4-14(5-7-15)18(22)29/h4-11H,12H2,1-3H3,(H2,22,29)(H,23,30). The summed E-state index contributed by atoms with van der Waals surface area (Å²) in [6, 6.07) is 13.1. The molecule has 3 N–H and O–H groups in total. The number of primary amides is 1. The monoisotopic (exact) mass is 406 g/mol. The van der Waals surface area contributed by atoms with Crippen LogP contribution in [0.3, 0.4) is 0 Å². The molecule has 9 nitrogen and oxygen atoms in total. The zero-order chi connectivity index (χ0) is 21.9. The molecule has 0 unspecified atom stereocenters. The maximum absolute atomic E-state index is 12.5. The molecule has 3 rings (SSSR count). The number of amides is 2. The summed E-state index contributed by atoms with van der Waals surface area (Å²) in [6.07, 6.45) is 0. The number of rotatable bonds is 6. The van der Waals surface area contributed by atoms with Gasteiger partial charge >= 0.3 is 0 Å². The summed E-state index contributed by atoms with van der Waals surface area (Å²) < 4.78 is 0. The summed E-state index contributed by atoms with van der Waals surface area (Å²) in [7, 11) is 0. The van der Waals surface area contributed by atoms with Crippen molar-refractivity contribution in [2.75, 3.05) is 5.32 Å². The number of nitrogens with zero attached hydrogens (tertiary/aromatic N) is 4. The average Bonchev–Trinajstić information content (AvgIpc) is 3.16. The van der Waals surface area contributed by atoms with Gasteiger partial charge in [-0.2, -0.15) is 4.80 Å². The third-order valence-corrected chi connectivity index (χ3v) is 4.31. The SMILES string of the molecule is CC(C)(C)C(=O)Nc1ccc(C(=O)Cn2nnc(-c3ccc(C(N)=O)cc3)n2)cc1. The molecule has 1 heterocycles. The van der Waals surface area contributed by atoms with Crippen molar-refractivity contribution < 1.29 is 14.4 Å². The molecule has 1 aromatic heterocycles.